The highest BCUT2D eigenvalue weighted by atomic mass is 32.1. The van der Waals surface area contributed by atoms with Crippen molar-refractivity contribution in [2.45, 2.75) is 38.6 Å². The van der Waals surface area contributed by atoms with Crippen LogP contribution in [-0.2, 0) is 0 Å². The van der Waals surface area contributed by atoms with Gasteiger partial charge in [-0.25, -0.2) is 0 Å². The van der Waals surface area contributed by atoms with E-state index in [2.05, 4.69) is 24.0 Å². The molecule has 3 rings (SSSR count). The van der Waals surface area contributed by atoms with Crippen LogP contribution in [0.5, 0.6) is 0 Å². The minimum absolute atomic E-state index is 0.229. The summed E-state index contributed by atoms with van der Waals surface area (Å²) in [7, 11) is 0. The molecule has 0 saturated carbocycles. The molecule has 0 aliphatic carbocycles. The quantitative estimate of drug-likeness (QED) is 0.798. The molecule has 1 unspecified atom stereocenters. The Morgan fingerprint density at radius 1 is 1.37 bits per heavy atom. The van der Waals surface area contributed by atoms with Gasteiger partial charge in [0.15, 0.2) is 0 Å². The van der Waals surface area contributed by atoms with Gasteiger partial charge < -0.3 is 4.90 Å². The molecule has 3 heteroatoms. The number of fused-ring (bicyclic) bond motifs is 1. The molecule has 1 aliphatic rings. The van der Waals surface area contributed by atoms with Gasteiger partial charge in [0.25, 0.3) is 5.91 Å². The summed E-state index contributed by atoms with van der Waals surface area (Å²) in [5.74, 6) is 0.229. The molecule has 0 spiro atoms. The largest absolute Gasteiger partial charge is 0.335 e. The third-order valence-electron chi connectivity index (χ3n) is 4.00. The summed E-state index contributed by atoms with van der Waals surface area (Å²) in [6.45, 7) is 3.10. The lowest BCUT2D eigenvalue weighted by Crippen LogP contribution is -2.43. The fourth-order valence-corrected chi connectivity index (χ4v) is 3.94. The summed E-state index contributed by atoms with van der Waals surface area (Å²) < 4.78 is 1.20. The molecule has 1 fully saturated rings. The summed E-state index contributed by atoms with van der Waals surface area (Å²) in [5.41, 5.74) is 0. The van der Waals surface area contributed by atoms with Crippen LogP contribution in [0.15, 0.2) is 30.3 Å². The molecule has 1 aromatic heterocycles. The second-order valence-corrected chi connectivity index (χ2v) is 6.29. The summed E-state index contributed by atoms with van der Waals surface area (Å²) >= 11 is 1.62. The number of piperidine rings is 1. The van der Waals surface area contributed by atoms with Crippen molar-refractivity contribution >= 4 is 27.3 Å². The molecule has 1 amide bonds. The highest BCUT2D eigenvalue weighted by Crippen LogP contribution is 2.29. The molecule has 0 bridgehead atoms. The van der Waals surface area contributed by atoms with Gasteiger partial charge in [-0.2, -0.15) is 0 Å². The molecule has 100 valence electrons. The summed E-state index contributed by atoms with van der Waals surface area (Å²) in [4.78, 5) is 15.7. The number of likely N-dealkylation sites (tertiary alicyclic amines) is 1. The van der Waals surface area contributed by atoms with Crippen molar-refractivity contribution in [1.82, 2.24) is 4.90 Å². The molecule has 1 aliphatic heterocycles. The Bertz CT molecular complexity index is 556. The Labute approximate surface area is 118 Å². The van der Waals surface area contributed by atoms with E-state index in [4.69, 9.17) is 0 Å². The third kappa shape index (κ3) is 2.39. The van der Waals surface area contributed by atoms with Crippen molar-refractivity contribution in [3.8, 4) is 0 Å². The van der Waals surface area contributed by atoms with Gasteiger partial charge in [-0.05, 0) is 43.2 Å². The van der Waals surface area contributed by atoms with Crippen LogP contribution >= 0.6 is 11.3 Å². The van der Waals surface area contributed by atoms with Gasteiger partial charge in [-0.3, -0.25) is 4.79 Å². The second kappa shape index (κ2) is 5.33. The molecule has 2 nitrogen and oxygen atoms in total. The maximum absolute atomic E-state index is 12.7. The maximum Gasteiger partial charge on any atom is 0.264 e. The minimum Gasteiger partial charge on any atom is -0.335 e. The van der Waals surface area contributed by atoms with Gasteiger partial charge in [0.05, 0.1) is 4.88 Å². The van der Waals surface area contributed by atoms with Crippen LogP contribution < -0.4 is 0 Å². The van der Waals surface area contributed by atoms with Crippen LogP contribution in [-0.4, -0.2) is 23.4 Å². The van der Waals surface area contributed by atoms with E-state index in [9.17, 15) is 4.79 Å². The average molecular weight is 273 g/mol. The number of carbonyl (C=O) groups is 1. The first-order valence-corrected chi connectivity index (χ1v) is 7.91. The van der Waals surface area contributed by atoms with E-state index in [0.717, 1.165) is 30.7 Å². The van der Waals surface area contributed by atoms with Gasteiger partial charge in [-0.15, -0.1) is 11.3 Å². The molecular weight excluding hydrogens is 254 g/mol. The molecular formula is C16H19NOS. The molecule has 2 aromatic rings. The minimum atomic E-state index is 0.229. The van der Waals surface area contributed by atoms with Gasteiger partial charge in [0, 0.05) is 17.3 Å². The van der Waals surface area contributed by atoms with Crippen LogP contribution in [0.25, 0.3) is 10.1 Å². The van der Waals surface area contributed by atoms with Crippen molar-refractivity contribution in [3.63, 3.8) is 0 Å². The van der Waals surface area contributed by atoms with E-state index >= 15 is 0 Å². The highest BCUT2D eigenvalue weighted by molar-refractivity contribution is 7.20. The van der Waals surface area contributed by atoms with Crippen LogP contribution in [0.1, 0.15) is 42.3 Å². The Morgan fingerprint density at radius 2 is 2.21 bits per heavy atom. The lowest BCUT2D eigenvalue weighted by Gasteiger charge is -2.35. The molecule has 19 heavy (non-hydrogen) atoms. The summed E-state index contributed by atoms with van der Waals surface area (Å²) in [6, 6.07) is 10.7. The van der Waals surface area contributed by atoms with E-state index in [0.29, 0.717) is 6.04 Å². The predicted octanol–water partition coefficient (Wildman–Crippen LogP) is 4.31. The van der Waals surface area contributed by atoms with Gasteiger partial charge in [-0.1, -0.05) is 25.1 Å². The fraction of sp³-hybridized carbons (Fsp3) is 0.438. The first kappa shape index (κ1) is 12.7. The Balaban J connectivity index is 1.89. The molecule has 2 heterocycles. The average Bonchev–Trinajstić information content (AvgIpc) is 2.90. The first-order chi connectivity index (χ1) is 9.29. The number of hydrogen-bond donors (Lipinski definition) is 0. The Hall–Kier alpha value is -1.35. The zero-order chi connectivity index (χ0) is 13.2. The number of rotatable bonds is 2. The third-order valence-corrected chi connectivity index (χ3v) is 5.10. The lowest BCUT2D eigenvalue weighted by molar-refractivity contribution is 0.0613. The van der Waals surface area contributed by atoms with Crippen molar-refractivity contribution < 1.29 is 4.79 Å². The predicted molar refractivity (Wildman–Crippen MR) is 80.8 cm³/mol. The first-order valence-electron chi connectivity index (χ1n) is 7.09. The summed E-state index contributed by atoms with van der Waals surface area (Å²) in [5, 5.41) is 1.18. The molecule has 1 atom stereocenters. The molecule has 0 N–H and O–H groups in total. The van der Waals surface area contributed by atoms with E-state index < -0.39 is 0 Å². The zero-order valence-electron chi connectivity index (χ0n) is 11.3. The number of hydrogen-bond acceptors (Lipinski definition) is 2. The number of thiophene rings is 1. The number of nitrogens with zero attached hydrogens (tertiary/aromatic N) is 1. The van der Waals surface area contributed by atoms with E-state index in [-0.39, 0.29) is 5.91 Å². The molecule has 0 radical (unpaired) electrons. The van der Waals surface area contributed by atoms with Gasteiger partial charge in [0.1, 0.15) is 0 Å². The fourth-order valence-electron chi connectivity index (χ4n) is 2.92. The SMILES string of the molecule is CCC1CCCCN1C(=O)c1cc2ccccc2s1. The normalized spacial score (nSPS) is 19.8. The van der Waals surface area contributed by atoms with Gasteiger partial charge >= 0.3 is 0 Å². The van der Waals surface area contributed by atoms with E-state index in [1.165, 1.54) is 16.5 Å². The number of benzene rings is 1. The highest BCUT2D eigenvalue weighted by Gasteiger charge is 2.27. The smallest absolute Gasteiger partial charge is 0.264 e. The van der Waals surface area contributed by atoms with Crippen molar-refractivity contribution in [3.05, 3.63) is 35.2 Å². The number of amides is 1. The van der Waals surface area contributed by atoms with Crippen LogP contribution in [0.4, 0.5) is 0 Å². The maximum atomic E-state index is 12.7. The molecule has 1 aromatic carbocycles. The van der Waals surface area contributed by atoms with Crippen LogP contribution in [0.3, 0.4) is 0 Å². The topological polar surface area (TPSA) is 20.3 Å². The van der Waals surface area contributed by atoms with Crippen molar-refractivity contribution in [1.29, 1.82) is 0 Å². The standard InChI is InChI=1S/C16H19NOS/c1-2-13-8-5-6-10-17(13)16(18)15-11-12-7-3-4-9-14(12)19-15/h3-4,7,9,11,13H,2,5-6,8,10H2,1H3. The van der Waals surface area contributed by atoms with Crippen LogP contribution in [0, 0.1) is 0 Å². The Morgan fingerprint density at radius 3 is 3.00 bits per heavy atom. The van der Waals surface area contributed by atoms with Gasteiger partial charge in [0.2, 0.25) is 0 Å². The zero-order valence-corrected chi connectivity index (χ0v) is 12.1. The van der Waals surface area contributed by atoms with Crippen molar-refractivity contribution in [2.75, 3.05) is 6.54 Å². The lowest BCUT2D eigenvalue weighted by atomic mass is 10.00. The van der Waals surface area contributed by atoms with Crippen molar-refractivity contribution in [2.24, 2.45) is 0 Å². The second-order valence-electron chi connectivity index (χ2n) is 5.20. The monoisotopic (exact) mass is 273 g/mol. The Kier molecular flexibility index (Phi) is 3.56. The molecule has 1 saturated heterocycles. The van der Waals surface area contributed by atoms with Crippen LogP contribution in [0.2, 0.25) is 0 Å². The number of carbonyl (C=O) groups excluding carboxylic acids is 1. The summed E-state index contributed by atoms with van der Waals surface area (Å²) in [6.07, 6.45) is 4.63. The van der Waals surface area contributed by atoms with E-state index in [1.807, 2.05) is 18.2 Å². The van der Waals surface area contributed by atoms with E-state index in [1.54, 1.807) is 11.3 Å².